The first-order chi connectivity index (χ1) is 36.4. The van der Waals surface area contributed by atoms with Crippen molar-refractivity contribution in [1.29, 1.82) is 0 Å². The largest absolute Gasteiger partial charge is 0.311 e. The molecule has 0 atom stereocenters. The second-order valence-corrected chi connectivity index (χ2v) is 19.7. The maximum atomic E-state index is 2.51. The highest BCUT2D eigenvalue weighted by Gasteiger charge is 2.29. The second kappa shape index (κ2) is 18.3. The van der Waals surface area contributed by atoms with Gasteiger partial charge in [0.15, 0.2) is 0 Å². The van der Waals surface area contributed by atoms with Gasteiger partial charge in [-0.05, 0) is 148 Å². The standard InChI is InChI=1S/C70H54N4/c1-47-23-35-55(36-24-47)71(56-37-25-48(2)26-38-56)59-43-31-51(32-44-59)65-66(52-33-45-60(46-34-52)72(57-39-27-49(3)28-40-57)58-41-29-50(4)30-42-58)68-62-20-12-14-22-64(62)74(54-17-9-6-10-18-54)70(68)69-67(65)61-19-11-13-21-63(61)73(69)53-15-7-5-8-16-53/h5-46H,1-4H3. The first-order valence-corrected chi connectivity index (χ1v) is 25.6. The average molecular weight is 951 g/mol. The van der Waals surface area contributed by atoms with Crippen LogP contribution in [0.3, 0.4) is 0 Å². The van der Waals surface area contributed by atoms with Gasteiger partial charge in [-0.1, -0.05) is 168 Å². The van der Waals surface area contributed by atoms with Crippen molar-refractivity contribution in [1.82, 2.24) is 9.13 Å². The Balaban J connectivity index is 1.15. The summed E-state index contributed by atoms with van der Waals surface area (Å²) in [5, 5.41) is 4.80. The molecule has 0 aliphatic heterocycles. The van der Waals surface area contributed by atoms with Crippen molar-refractivity contribution in [2.75, 3.05) is 9.80 Å². The number of benzene rings is 11. The Hall–Kier alpha value is -9.38. The molecular formula is C70H54N4. The van der Waals surface area contributed by atoms with E-state index >= 15 is 0 Å². The molecule has 0 saturated carbocycles. The molecule has 0 fully saturated rings. The normalized spacial score (nSPS) is 11.5. The predicted molar refractivity (Wildman–Crippen MR) is 314 cm³/mol. The minimum Gasteiger partial charge on any atom is -0.311 e. The van der Waals surface area contributed by atoms with Crippen molar-refractivity contribution >= 4 is 77.7 Å². The molecule has 74 heavy (non-hydrogen) atoms. The van der Waals surface area contributed by atoms with Crippen LogP contribution in [0.25, 0.3) is 77.2 Å². The number of aromatic nitrogens is 2. The van der Waals surface area contributed by atoms with Crippen LogP contribution in [0.2, 0.25) is 0 Å². The summed E-state index contributed by atoms with van der Waals surface area (Å²) >= 11 is 0. The highest BCUT2D eigenvalue weighted by molar-refractivity contribution is 6.33. The van der Waals surface area contributed by atoms with Crippen LogP contribution in [0, 0.1) is 27.7 Å². The van der Waals surface area contributed by atoms with Crippen LogP contribution < -0.4 is 9.80 Å². The number of fused-ring (bicyclic) bond motifs is 7. The van der Waals surface area contributed by atoms with Gasteiger partial charge in [-0.2, -0.15) is 0 Å². The maximum absolute atomic E-state index is 2.51. The number of aryl methyl sites for hydroxylation is 4. The monoisotopic (exact) mass is 950 g/mol. The minimum absolute atomic E-state index is 1.09. The summed E-state index contributed by atoms with van der Waals surface area (Å²) in [6, 6.07) is 93.8. The van der Waals surface area contributed by atoms with Gasteiger partial charge in [0.2, 0.25) is 0 Å². The molecule has 0 amide bonds. The van der Waals surface area contributed by atoms with E-state index in [9.17, 15) is 0 Å². The molecule has 0 unspecified atom stereocenters. The fraction of sp³-hybridized carbons (Fsp3) is 0.0571. The first kappa shape index (κ1) is 44.6. The number of para-hydroxylation sites is 4. The molecular weight excluding hydrogens is 897 g/mol. The molecule has 0 aliphatic rings. The van der Waals surface area contributed by atoms with Crippen molar-refractivity contribution in [3.05, 3.63) is 277 Å². The van der Waals surface area contributed by atoms with E-state index in [1.165, 1.54) is 54.9 Å². The van der Waals surface area contributed by atoms with Gasteiger partial charge in [-0.15, -0.1) is 0 Å². The third-order valence-corrected chi connectivity index (χ3v) is 14.7. The van der Waals surface area contributed by atoms with Gasteiger partial charge in [0.25, 0.3) is 0 Å². The quantitative estimate of drug-likeness (QED) is 0.136. The SMILES string of the molecule is Cc1ccc(N(c2ccc(C)cc2)c2ccc(-c3c(-c4ccc(N(c5ccc(C)cc5)c5ccc(C)cc5)cc4)c4c5ccccc5n(-c5ccccc5)c4c4c3c3ccccc3n4-c3ccccc3)cc2)cc1. The molecule has 13 aromatic rings. The van der Waals surface area contributed by atoms with Gasteiger partial charge in [-0.3, -0.25) is 0 Å². The predicted octanol–water partition coefficient (Wildman–Crippen LogP) is 19.4. The lowest BCUT2D eigenvalue weighted by atomic mass is 9.86. The smallest absolute Gasteiger partial charge is 0.0795 e. The Morgan fingerprint density at radius 2 is 0.514 bits per heavy atom. The number of hydrogen-bond donors (Lipinski definition) is 0. The molecule has 13 rings (SSSR count). The van der Waals surface area contributed by atoms with E-state index in [2.05, 4.69) is 301 Å². The molecule has 0 spiro atoms. The van der Waals surface area contributed by atoms with Crippen LogP contribution in [0.15, 0.2) is 255 Å². The Bertz CT molecular complexity index is 3790. The molecule has 0 bridgehead atoms. The van der Waals surface area contributed by atoms with Crippen LogP contribution in [-0.2, 0) is 0 Å². The molecule has 0 N–H and O–H groups in total. The van der Waals surface area contributed by atoms with Crippen molar-refractivity contribution in [3.63, 3.8) is 0 Å². The van der Waals surface area contributed by atoms with E-state index in [-0.39, 0.29) is 0 Å². The fourth-order valence-corrected chi connectivity index (χ4v) is 11.2. The summed E-state index contributed by atoms with van der Waals surface area (Å²) in [5.74, 6) is 0. The van der Waals surface area contributed by atoms with Crippen LogP contribution in [0.4, 0.5) is 34.1 Å². The van der Waals surface area contributed by atoms with Crippen molar-refractivity contribution < 1.29 is 0 Å². The third kappa shape index (κ3) is 7.62. The molecule has 4 heteroatoms. The van der Waals surface area contributed by atoms with Crippen LogP contribution in [-0.4, -0.2) is 9.13 Å². The molecule has 0 radical (unpaired) electrons. The number of rotatable bonds is 10. The van der Waals surface area contributed by atoms with Crippen LogP contribution in [0.1, 0.15) is 22.3 Å². The fourth-order valence-electron chi connectivity index (χ4n) is 11.2. The Morgan fingerprint density at radius 3 is 0.811 bits per heavy atom. The number of nitrogens with zero attached hydrogens (tertiary/aromatic N) is 4. The zero-order chi connectivity index (χ0) is 49.9. The first-order valence-electron chi connectivity index (χ1n) is 25.6. The van der Waals surface area contributed by atoms with E-state index in [0.717, 1.165) is 78.7 Å². The van der Waals surface area contributed by atoms with Crippen LogP contribution >= 0.6 is 0 Å². The lowest BCUT2D eigenvalue weighted by molar-refractivity contribution is 1.15. The van der Waals surface area contributed by atoms with E-state index in [1.807, 2.05) is 0 Å². The molecule has 0 aliphatic carbocycles. The summed E-state index contributed by atoms with van der Waals surface area (Å²) < 4.78 is 5.02. The van der Waals surface area contributed by atoms with Crippen LogP contribution in [0.5, 0.6) is 0 Å². The van der Waals surface area contributed by atoms with Gasteiger partial charge < -0.3 is 18.9 Å². The molecule has 4 nitrogen and oxygen atoms in total. The van der Waals surface area contributed by atoms with Gasteiger partial charge in [-0.25, -0.2) is 0 Å². The maximum Gasteiger partial charge on any atom is 0.0795 e. The number of hydrogen-bond acceptors (Lipinski definition) is 2. The van der Waals surface area contributed by atoms with Gasteiger partial charge in [0.1, 0.15) is 0 Å². The Kier molecular flexibility index (Phi) is 11.0. The van der Waals surface area contributed by atoms with Crippen molar-refractivity contribution in [3.8, 4) is 33.6 Å². The van der Waals surface area contributed by atoms with Gasteiger partial charge in [0, 0.05) is 78.2 Å². The highest BCUT2D eigenvalue weighted by atomic mass is 15.1. The van der Waals surface area contributed by atoms with E-state index in [1.54, 1.807) is 0 Å². The molecule has 11 aromatic carbocycles. The van der Waals surface area contributed by atoms with Crippen molar-refractivity contribution in [2.45, 2.75) is 27.7 Å². The van der Waals surface area contributed by atoms with E-state index < -0.39 is 0 Å². The second-order valence-electron chi connectivity index (χ2n) is 19.7. The summed E-state index contributed by atoms with van der Waals surface area (Å²) in [4.78, 5) is 4.73. The lowest BCUT2D eigenvalue weighted by Crippen LogP contribution is -2.10. The topological polar surface area (TPSA) is 16.3 Å². The summed E-state index contributed by atoms with van der Waals surface area (Å²) in [5.41, 5.74) is 23.1. The molecule has 2 heterocycles. The minimum atomic E-state index is 1.09. The summed E-state index contributed by atoms with van der Waals surface area (Å²) in [7, 11) is 0. The average Bonchev–Trinajstić information content (AvgIpc) is 4.15. The van der Waals surface area contributed by atoms with Gasteiger partial charge >= 0.3 is 0 Å². The third-order valence-electron chi connectivity index (χ3n) is 14.7. The van der Waals surface area contributed by atoms with E-state index in [0.29, 0.717) is 0 Å². The zero-order valence-corrected chi connectivity index (χ0v) is 42.0. The number of anilines is 6. The van der Waals surface area contributed by atoms with Crippen molar-refractivity contribution in [2.24, 2.45) is 0 Å². The molecule has 354 valence electrons. The highest BCUT2D eigenvalue weighted by Crippen LogP contribution is 2.53. The Morgan fingerprint density at radius 1 is 0.257 bits per heavy atom. The summed E-state index contributed by atoms with van der Waals surface area (Å²) in [6.45, 7) is 8.59. The van der Waals surface area contributed by atoms with E-state index in [4.69, 9.17) is 0 Å². The molecule has 0 saturated heterocycles. The Labute approximate surface area is 432 Å². The summed E-state index contributed by atoms with van der Waals surface area (Å²) in [6.07, 6.45) is 0. The zero-order valence-electron chi connectivity index (χ0n) is 42.0. The lowest BCUT2D eigenvalue weighted by Gasteiger charge is -2.26. The molecule has 2 aromatic heterocycles. The van der Waals surface area contributed by atoms with Gasteiger partial charge in [0.05, 0.1) is 22.1 Å².